The number of aliphatic hydroxyl groups is 1. The van der Waals surface area contributed by atoms with Gasteiger partial charge in [-0.2, -0.15) is 5.26 Å². The minimum Gasteiger partial charge on any atom is -0.488 e. The fourth-order valence-electron chi connectivity index (χ4n) is 5.68. The Kier molecular flexibility index (Phi) is 12.7. The molecule has 0 amide bonds. The number of hydrogen-bond acceptors (Lipinski definition) is 8. The number of carboxylic acids is 1. The molecule has 0 spiro atoms. The van der Waals surface area contributed by atoms with Crippen molar-refractivity contribution < 1.29 is 28.9 Å². The van der Waals surface area contributed by atoms with Crippen LogP contribution in [0.4, 0.5) is 4.39 Å². The number of hydrogen-bond donors (Lipinski definition) is 3. The summed E-state index contributed by atoms with van der Waals surface area (Å²) in [5, 5.41) is 32.1. The van der Waals surface area contributed by atoms with Crippen LogP contribution in [0, 0.1) is 24.1 Å². The van der Waals surface area contributed by atoms with E-state index in [-0.39, 0.29) is 36.1 Å². The van der Waals surface area contributed by atoms with Gasteiger partial charge in [-0.1, -0.05) is 65.7 Å². The number of aliphatic carboxylic acids is 1. The van der Waals surface area contributed by atoms with Crippen molar-refractivity contribution in [1.82, 2.24) is 15.2 Å². The Hall–Kier alpha value is -5.02. The fraction of sp³-hybridized carbons (Fsp3) is 0.244. The van der Waals surface area contributed by atoms with Gasteiger partial charge in [0.05, 0.1) is 22.2 Å². The summed E-state index contributed by atoms with van der Waals surface area (Å²) in [4.78, 5) is 18.0. The minimum absolute atomic E-state index is 0.0120. The van der Waals surface area contributed by atoms with Crippen molar-refractivity contribution in [1.29, 1.82) is 5.26 Å². The number of carbonyl (C=O) groups is 1. The molecule has 4 aromatic carbocycles. The van der Waals surface area contributed by atoms with E-state index in [0.717, 1.165) is 28.8 Å². The van der Waals surface area contributed by atoms with Gasteiger partial charge in [-0.3, -0.25) is 15.1 Å². The van der Waals surface area contributed by atoms with Crippen LogP contribution in [-0.4, -0.2) is 52.3 Å². The number of ether oxygens (including phenoxy) is 2. The number of benzene rings is 4. The highest BCUT2D eigenvalue weighted by molar-refractivity contribution is 6.36. The van der Waals surface area contributed by atoms with Gasteiger partial charge in [0, 0.05) is 53.8 Å². The Balaban J connectivity index is 1.43. The number of rotatable bonds is 15. The lowest BCUT2D eigenvalue weighted by Crippen LogP contribution is -2.52. The number of nitriles is 1. The van der Waals surface area contributed by atoms with Gasteiger partial charge in [0.25, 0.3) is 0 Å². The first kappa shape index (κ1) is 39.2. The summed E-state index contributed by atoms with van der Waals surface area (Å²) in [5.41, 5.74) is 5.06. The van der Waals surface area contributed by atoms with Gasteiger partial charge in [0.15, 0.2) is 0 Å². The van der Waals surface area contributed by atoms with Gasteiger partial charge in [-0.25, -0.2) is 4.39 Å². The van der Waals surface area contributed by atoms with Gasteiger partial charge in [-0.05, 0) is 80.0 Å². The monoisotopic (exact) mass is 756 g/mol. The van der Waals surface area contributed by atoms with Crippen molar-refractivity contribution >= 4 is 29.2 Å². The average Bonchev–Trinajstić information content (AvgIpc) is 3.14. The summed E-state index contributed by atoms with van der Waals surface area (Å²) < 4.78 is 27.9. The lowest BCUT2D eigenvalue weighted by molar-refractivity contribution is -0.145. The number of aromatic nitrogens is 1. The quantitative estimate of drug-likeness (QED) is 0.0969. The van der Waals surface area contributed by atoms with Crippen LogP contribution in [0.3, 0.4) is 0 Å². The maximum absolute atomic E-state index is 15.6. The van der Waals surface area contributed by atoms with Gasteiger partial charge < -0.3 is 24.6 Å². The molecule has 0 aliphatic rings. The molecule has 0 saturated carbocycles. The zero-order chi connectivity index (χ0) is 38.3. The molecule has 0 fully saturated rings. The van der Waals surface area contributed by atoms with Crippen LogP contribution in [0.5, 0.6) is 11.5 Å². The molecule has 5 rings (SSSR count). The third-order valence-electron chi connectivity index (χ3n) is 8.84. The van der Waals surface area contributed by atoms with Gasteiger partial charge in [0.2, 0.25) is 0 Å². The molecule has 0 bridgehead atoms. The number of aliphatic hydroxyl groups excluding tert-OH is 1. The van der Waals surface area contributed by atoms with Crippen molar-refractivity contribution in [2.45, 2.75) is 45.7 Å². The first-order valence-corrected chi connectivity index (χ1v) is 17.4. The zero-order valence-corrected chi connectivity index (χ0v) is 31.2. The Morgan fingerprint density at radius 2 is 1.70 bits per heavy atom. The molecule has 9 nitrogen and oxygen atoms in total. The largest absolute Gasteiger partial charge is 0.488 e. The molecular weight excluding hydrogens is 718 g/mol. The summed E-state index contributed by atoms with van der Waals surface area (Å²) in [6, 6.07) is 23.6. The molecule has 0 unspecified atom stereocenters. The lowest BCUT2D eigenvalue weighted by atomic mass is 9.93. The first-order chi connectivity index (χ1) is 25.3. The highest BCUT2D eigenvalue weighted by Crippen LogP contribution is 2.41. The van der Waals surface area contributed by atoms with E-state index in [4.69, 9.17) is 32.7 Å². The van der Waals surface area contributed by atoms with Crippen LogP contribution in [0.25, 0.3) is 22.3 Å². The summed E-state index contributed by atoms with van der Waals surface area (Å²) in [7, 11) is 4.01. The van der Waals surface area contributed by atoms with E-state index in [0.29, 0.717) is 38.6 Å². The molecule has 0 radical (unpaired) electrons. The third kappa shape index (κ3) is 9.32. The fourth-order valence-corrected chi connectivity index (χ4v) is 6.29. The SMILES string of the molecule is Cc1c(COc2cc(OCc3cncc(C#N)c3)c(CN[C@@](C)(CO)C(=O)O)cc2Cl)cccc1-c1c(F)ccc(-c2ccc(CN(C)C)cc2)c1Cl. The molecular formula is C41H39Cl2FN4O5. The van der Waals surface area contributed by atoms with Crippen molar-refractivity contribution in [3.05, 3.63) is 134 Å². The Morgan fingerprint density at radius 3 is 2.38 bits per heavy atom. The molecule has 3 N–H and O–H groups in total. The van der Waals surface area contributed by atoms with E-state index in [1.165, 1.54) is 19.2 Å². The molecule has 274 valence electrons. The van der Waals surface area contributed by atoms with Gasteiger partial charge in [-0.15, -0.1) is 0 Å². The number of halogens is 3. The third-order valence-corrected chi connectivity index (χ3v) is 9.53. The van der Waals surface area contributed by atoms with E-state index in [9.17, 15) is 20.3 Å². The van der Waals surface area contributed by atoms with Gasteiger partial charge in [0.1, 0.15) is 42.1 Å². The molecule has 12 heteroatoms. The van der Waals surface area contributed by atoms with Crippen LogP contribution in [-0.2, 0) is 31.1 Å². The summed E-state index contributed by atoms with van der Waals surface area (Å²) in [6.07, 6.45) is 3.01. The molecule has 5 aromatic rings. The van der Waals surface area contributed by atoms with Crippen molar-refractivity contribution in [2.75, 3.05) is 20.7 Å². The summed E-state index contributed by atoms with van der Waals surface area (Å²) in [6.45, 7) is 3.48. The van der Waals surface area contributed by atoms with Crippen molar-refractivity contribution in [2.24, 2.45) is 0 Å². The van der Waals surface area contributed by atoms with Crippen molar-refractivity contribution in [3.63, 3.8) is 0 Å². The predicted molar refractivity (Wildman–Crippen MR) is 203 cm³/mol. The molecule has 0 saturated heterocycles. The Morgan fingerprint density at radius 1 is 0.962 bits per heavy atom. The molecule has 1 atom stereocenters. The maximum Gasteiger partial charge on any atom is 0.326 e. The lowest BCUT2D eigenvalue weighted by Gasteiger charge is -2.25. The highest BCUT2D eigenvalue weighted by Gasteiger charge is 2.32. The minimum atomic E-state index is -1.62. The number of nitrogens with zero attached hydrogens (tertiary/aromatic N) is 3. The zero-order valence-electron chi connectivity index (χ0n) is 29.7. The second-order valence-corrected chi connectivity index (χ2v) is 13.9. The second-order valence-electron chi connectivity index (χ2n) is 13.1. The molecule has 0 aliphatic heterocycles. The molecule has 0 aliphatic carbocycles. The Bertz CT molecular complexity index is 2160. The molecule has 53 heavy (non-hydrogen) atoms. The number of pyridine rings is 1. The normalized spacial score (nSPS) is 12.3. The van der Waals surface area contributed by atoms with E-state index >= 15 is 4.39 Å². The van der Waals surface area contributed by atoms with Crippen LogP contribution in [0.2, 0.25) is 10.0 Å². The standard InChI is InChI=1S/C41H39Cl2FN4O5/c1-25-30(6-5-7-32(25)38-35(44)13-12-33(39(38)43)29-10-8-26(9-11-29)21-48(3)4)23-53-37-16-36(52-22-28-14-27(17-45)18-46-19-28)31(15-34(37)42)20-47-41(2,24-49)40(50)51/h5-16,18-19,47,49H,20-24H2,1-4H3,(H,50,51)/t41-/m0/s1. The summed E-state index contributed by atoms with van der Waals surface area (Å²) >= 11 is 13.6. The first-order valence-electron chi connectivity index (χ1n) is 16.7. The number of carboxylic acid groups (broad SMARTS) is 1. The van der Waals surface area contributed by atoms with E-state index in [1.807, 2.05) is 69.6 Å². The second kappa shape index (κ2) is 17.2. The van der Waals surface area contributed by atoms with E-state index < -0.39 is 23.9 Å². The van der Waals surface area contributed by atoms with E-state index in [1.54, 1.807) is 30.5 Å². The van der Waals surface area contributed by atoms with Crippen molar-refractivity contribution in [3.8, 4) is 39.8 Å². The smallest absolute Gasteiger partial charge is 0.326 e. The predicted octanol–water partition coefficient (Wildman–Crippen LogP) is 8.19. The van der Waals surface area contributed by atoms with Crippen LogP contribution in [0.1, 0.15) is 40.3 Å². The maximum atomic E-state index is 15.6. The topological polar surface area (TPSA) is 128 Å². The average molecular weight is 758 g/mol. The summed E-state index contributed by atoms with van der Waals surface area (Å²) in [5.74, 6) is -1.07. The number of nitrogens with one attached hydrogen (secondary N) is 1. The van der Waals surface area contributed by atoms with Crippen LogP contribution < -0.4 is 14.8 Å². The van der Waals surface area contributed by atoms with Gasteiger partial charge >= 0.3 is 5.97 Å². The molecule has 1 heterocycles. The van der Waals surface area contributed by atoms with E-state index in [2.05, 4.69) is 15.2 Å². The van der Waals surface area contributed by atoms with Crippen LogP contribution >= 0.6 is 23.2 Å². The molecule has 1 aromatic heterocycles. The Labute approximate surface area is 318 Å². The van der Waals surface area contributed by atoms with Crippen LogP contribution in [0.15, 0.2) is 85.2 Å². The highest BCUT2D eigenvalue weighted by atomic mass is 35.5.